The fourth-order valence-electron chi connectivity index (χ4n) is 5.99. The van der Waals surface area contributed by atoms with Crippen LogP contribution in [0.3, 0.4) is 0 Å². The smallest absolute Gasteiger partial charge is 0.341 e. The Bertz CT molecular complexity index is 1700. The fraction of sp³-hybridized carbons (Fsp3) is 0.448. The number of amides is 2. The van der Waals surface area contributed by atoms with Crippen LogP contribution in [0, 0.1) is 31.3 Å². The van der Waals surface area contributed by atoms with E-state index in [-0.39, 0.29) is 46.9 Å². The zero-order chi connectivity index (χ0) is 31.2. The molecule has 1 N–H and O–H groups in total. The molecule has 0 radical (unpaired) electrons. The summed E-state index contributed by atoms with van der Waals surface area (Å²) in [6.07, 6.45) is 6.86. The predicted molar refractivity (Wildman–Crippen MR) is 153 cm³/mol. The third-order valence-corrected chi connectivity index (χ3v) is 9.92. The van der Waals surface area contributed by atoms with E-state index < -0.39 is 45.7 Å². The summed E-state index contributed by atoms with van der Waals surface area (Å²) in [7, 11) is -3.84. The molecule has 11 nitrogen and oxygen atoms in total. The summed E-state index contributed by atoms with van der Waals surface area (Å²) in [5.74, 6) is -2.18. The molecule has 0 spiro atoms. The van der Waals surface area contributed by atoms with Crippen molar-refractivity contribution in [3.05, 3.63) is 64.9 Å². The molecule has 2 aromatic heterocycles. The van der Waals surface area contributed by atoms with Gasteiger partial charge < -0.3 is 9.64 Å². The molecule has 0 unspecified atom stereocenters. The third kappa shape index (κ3) is 5.89. The highest BCUT2D eigenvalue weighted by atomic mass is 32.2. The normalized spacial score (nSPS) is 19.4. The quantitative estimate of drug-likeness (QED) is 0.409. The summed E-state index contributed by atoms with van der Waals surface area (Å²) in [4.78, 5) is 18.7. The van der Waals surface area contributed by atoms with E-state index in [2.05, 4.69) is 19.9 Å². The Morgan fingerprint density at radius 1 is 1.02 bits per heavy atom. The van der Waals surface area contributed by atoms with Gasteiger partial charge in [0.05, 0.1) is 36.7 Å². The van der Waals surface area contributed by atoms with Crippen LogP contribution in [-0.2, 0) is 10.0 Å². The standard InChI is InChI=1S/C29H32F3N7O4S/c1-17-28(44(41,42)36-22-6-4-3-5-7-22)18(2)38(35-17)27-13-26(24(32)14-33-27)43-23-15-37(16-23)29(40)39-25(8-9-34-39)19-10-20(30)12-21(31)11-19/h9-14,22-23,25,36H,3-8,15-16H2,1-2H3/t25-/m0/s1. The number of carbonyl (C=O) groups excluding carboxylic acids is 1. The highest BCUT2D eigenvalue weighted by molar-refractivity contribution is 7.89. The van der Waals surface area contributed by atoms with Gasteiger partial charge in [-0.15, -0.1) is 0 Å². The summed E-state index contributed by atoms with van der Waals surface area (Å²) < 4.78 is 78.8. The van der Waals surface area contributed by atoms with E-state index in [4.69, 9.17) is 4.74 Å². The lowest BCUT2D eigenvalue weighted by atomic mass is 9.96. The van der Waals surface area contributed by atoms with Crippen molar-refractivity contribution in [2.75, 3.05) is 13.1 Å². The van der Waals surface area contributed by atoms with Crippen LogP contribution in [0.1, 0.15) is 61.5 Å². The van der Waals surface area contributed by atoms with Gasteiger partial charge in [-0.25, -0.2) is 45.8 Å². The van der Waals surface area contributed by atoms with Gasteiger partial charge in [0.15, 0.2) is 17.4 Å². The number of hydrogen-bond donors (Lipinski definition) is 1. The fourth-order valence-corrected chi connectivity index (χ4v) is 7.69. The highest BCUT2D eigenvalue weighted by Crippen LogP contribution is 2.32. The summed E-state index contributed by atoms with van der Waals surface area (Å²) in [5.41, 5.74) is 0.907. The average Bonchev–Trinajstić information content (AvgIpc) is 3.55. The van der Waals surface area contributed by atoms with Gasteiger partial charge in [-0.05, 0) is 44.4 Å². The number of carbonyl (C=O) groups is 1. The average molecular weight is 632 g/mol. The monoisotopic (exact) mass is 631 g/mol. The van der Waals surface area contributed by atoms with Crippen LogP contribution in [0.5, 0.6) is 5.75 Å². The molecule has 234 valence electrons. The van der Waals surface area contributed by atoms with Gasteiger partial charge in [0.2, 0.25) is 10.0 Å². The van der Waals surface area contributed by atoms with Crippen LogP contribution in [0.15, 0.2) is 40.5 Å². The number of aryl methyl sites for hydroxylation is 1. The zero-order valence-electron chi connectivity index (χ0n) is 24.2. The highest BCUT2D eigenvalue weighted by Gasteiger charge is 2.39. The molecule has 1 atom stereocenters. The SMILES string of the molecule is Cc1nn(-c2cc(OC3CN(C(=O)N4N=CC[C@H]4c4cc(F)cc(F)c4)C3)c(F)cn2)c(C)c1S(=O)(=O)NC1CCCCC1. The van der Waals surface area contributed by atoms with Crippen molar-refractivity contribution in [2.24, 2.45) is 5.10 Å². The molecule has 2 amide bonds. The maximum atomic E-state index is 14.8. The van der Waals surface area contributed by atoms with Crippen molar-refractivity contribution < 1.29 is 31.1 Å². The molecule has 3 aliphatic rings. The van der Waals surface area contributed by atoms with E-state index >= 15 is 0 Å². The van der Waals surface area contributed by atoms with Gasteiger partial charge in [0.25, 0.3) is 0 Å². The molecule has 44 heavy (non-hydrogen) atoms. The van der Waals surface area contributed by atoms with Crippen LogP contribution < -0.4 is 9.46 Å². The van der Waals surface area contributed by atoms with E-state index in [1.807, 2.05) is 0 Å². The first kappa shape index (κ1) is 30.1. The predicted octanol–water partition coefficient (Wildman–Crippen LogP) is 4.53. The Labute approximate surface area is 252 Å². The summed E-state index contributed by atoms with van der Waals surface area (Å²) in [5, 5.41) is 9.66. The minimum atomic E-state index is -3.84. The Hall–Kier alpha value is -3.98. The molecule has 1 saturated carbocycles. The summed E-state index contributed by atoms with van der Waals surface area (Å²) >= 11 is 0. The van der Waals surface area contributed by atoms with Gasteiger partial charge in [-0.3, -0.25) is 0 Å². The lowest BCUT2D eigenvalue weighted by Crippen LogP contribution is -2.58. The number of likely N-dealkylation sites (tertiary alicyclic amines) is 1. The molecule has 1 saturated heterocycles. The number of nitrogens with zero attached hydrogens (tertiary/aromatic N) is 6. The second-order valence-corrected chi connectivity index (χ2v) is 13.0. The molecule has 3 aromatic rings. The Balaban J connectivity index is 1.13. The van der Waals surface area contributed by atoms with Gasteiger partial charge in [0.1, 0.15) is 22.6 Å². The first-order valence-corrected chi connectivity index (χ1v) is 16.0. The number of hydrogen-bond acceptors (Lipinski definition) is 7. The number of hydrazone groups is 1. The van der Waals surface area contributed by atoms with Crippen LogP contribution in [-0.4, -0.2) is 70.6 Å². The lowest BCUT2D eigenvalue weighted by molar-refractivity contribution is 0.0256. The van der Waals surface area contributed by atoms with Gasteiger partial charge >= 0.3 is 6.03 Å². The number of urea groups is 1. The molecule has 4 heterocycles. The second-order valence-electron chi connectivity index (χ2n) is 11.4. The first-order chi connectivity index (χ1) is 21.0. The van der Waals surface area contributed by atoms with Crippen molar-refractivity contribution in [1.29, 1.82) is 0 Å². The topological polar surface area (TPSA) is 122 Å². The van der Waals surface area contributed by atoms with Crippen molar-refractivity contribution in [1.82, 2.24) is 29.4 Å². The van der Waals surface area contributed by atoms with E-state index in [1.165, 1.54) is 39.0 Å². The second kappa shape index (κ2) is 11.8. The third-order valence-electron chi connectivity index (χ3n) is 8.15. The number of benzene rings is 1. The van der Waals surface area contributed by atoms with Crippen LogP contribution >= 0.6 is 0 Å². The largest absolute Gasteiger partial charge is 0.483 e. The number of rotatable bonds is 7. The maximum Gasteiger partial charge on any atom is 0.341 e. The summed E-state index contributed by atoms with van der Waals surface area (Å²) in [6, 6.07) is 3.19. The van der Waals surface area contributed by atoms with Gasteiger partial charge in [-0.1, -0.05) is 19.3 Å². The number of ether oxygens (including phenoxy) is 1. The Kier molecular flexibility index (Phi) is 8.09. The van der Waals surface area contributed by atoms with E-state index in [1.54, 1.807) is 13.8 Å². The number of sulfonamides is 1. The van der Waals surface area contributed by atoms with Crippen molar-refractivity contribution in [2.45, 2.75) is 75.5 Å². The zero-order valence-corrected chi connectivity index (χ0v) is 25.0. The Morgan fingerprint density at radius 3 is 2.43 bits per heavy atom. The van der Waals surface area contributed by atoms with Crippen LogP contribution in [0.4, 0.5) is 18.0 Å². The van der Waals surface area contributed by atoms with Crippen molar-refractivity contribution in [3.63, 3.8) is 0 Å². The van der Waals surface area contributed by atoms with Gasteiger partial charge in [-0.2, -0.15) is 10.2 Å². The molecular weight excluding hydrogens is 599 g/mol. The number of aromatic nitrogens is 3. The minimum absolute atomic E-state index is 0.0636. The first-order valence-electron chi connectivity index (χ1n) is 14.5. The maximum absolute atomic E-state index is 14.8. The van der Waals surface area contributed by atoms with Crippen molar-refractivity contribution in [3.8, 4) is 11.6 Å². The molecule has 1 aromatic carbocycles. The number of halogens is 3. The molecule has 6 rings (SSSR count). The van der Waals surface area contributed by atoms with Crippen LogP contribution in [0.25, 0.3) is 5.82 Å². The van der Waals surface area contributed by atoms with Gasteiger partial charge in [0, 0.05) is 30.8 Å². The molecular formula is C29H32F3N7O4S. The van der Waals surface area contributed by atoms with Crippen LogP contribution in [0.2, 0.25) is 0 Å². The molecule has 2 fully saturated rings. The minimum Gasteiger partial charge on any atom is -0.483 e. The lowest BCUT2D eigenvalue weighted by Gasteiger charge is -2.41. The van der Waals surface area contributed by atoms with E-state index in [0.29, 0.717) is 12.1 Å². The number of nitrogens with one attached hydrogen (secondary N) is 1. The molecule has 0 bridgehead atoms. The number of pyridine rings is 1. The van der Waals surface area contributed by atoms with E-state index in [0.717, 1.165) is 44.4 Å². The Morgan fingerprint density at radius 2 is 1.73 bits per heavy atom. The molecule has 1 aliphatic carbocycles. The summed E-state index contributed by atoms with van der Waals surface area (Å²) in [6.45, 7) is 3.46. The molecule has 2 aliphatic heterocycles. The van der Waals surface area contributed by atoms with Crippen molar-refractivity contribution >= 4 is 22.3 Å². The molecule has 15 heteroatoms. The van der Waals surface area contributed by atoms with E-state index in [9.17, 15) is 26.4 Å².